The van der Waals surface area contributed by atoms with E-state index in [1.807, 2.05) is 60.7 Å². The van der Waals surface area contributed by atoms with Crippen LogP contribution >= 0.6 is 11.8 Å². The molecule has 0 radical (unpaired) electrons. The summed E-state index contributed by atoms with van der Waals surface area (Å²) in [5.74, 6) is -0.727. The molecule has 2 fully saturated rings. The van der Waals surface area contributed by atoms with Gasteiger partial charge in [0.05, 0.1) is 17.1 Å². The number of amides is 1. The Kier molecular flexibility index (Phi) is 3.55. The van der Waals surface area contributed by atoms with Gasteiger partial charge in [-0.25, -0.2) is 4.98 Å². The van der Waals surface area contributed by atoms with E-state index >= 15 is 0 Å². The number of piperidine rings is 1. The number of pyridine rings is 1. The topological polar surface area (TPSA) is 85.1 Å². The number of carbonyl (C=O) groups is 1. The standard InChI is InChI=1S/C21H17N3O3S/c1-20-17(14-8-3-2-4-9-14)18(24(26)27)21(28-20,23-19(20)25)16-12-11-13-7-5-6-10-15(13)22-16/h2-12,17-18H,1H3,(H,23,25). The number of carbonyl (C=O) groups excluding carboxylic acids is 1. The first-order valence-electron chi connectivity index (χ1n) is 9.03. The first-order valence-corrected chi connectivity index (χ1v) is 9.85. The third kappa shape index (κ3) is 2.16. The molecule has 3 aromatic rings. The third-order valence-electron chi connectivity index (χ3n) is 5.81. The molecule has 2 aromatic carbocycles. The van der Waals surface area contributed by atoms with Gasteiger partial charge in [-0.1, -0.05) is 54.6 Å². The zero-order chi connectivity index (χ0) is 19.5. The van der Waals surface area contributed by atoms with Crippen LogP contribution in [0, 0.1) is 10.1 Å². The number of rotatable bonds is 3. The van der Waals surface area contributed by atoms with Gasteiger partial charge in [0.1, 0.15) is 4.75 Å². The van der Waals surface area contributed by atoms with Gasteiger partial charge >= 0.3 is 0 Å². The summed E-state index contributed by atoms with van der Waals surface area (Å²) in [7, 11) is 0. The molecule has 5 rings (SSSR count). The molecule has 2 saturated heterocycles. The molecule has 7 heteroatoms. The Morgan fingerprint density at radius 1 is 1.07 bits per heavy atom. The van der Waals surface area contributed by atoms with Crippen molar-refractivity contribution in [2.24, 2.45) is 0 Å². The Bertz CT molecular complexity index is 1120. The normalized spacial score (nSPS) is 31.1. The van der Waals surface area contributed by atoms with E-state index in [9.17, 15) is 14.9 Å². The second kappa shape index (κ2) is 5.78. The lowest BCUT2D eigenvalue weighted by Gasteiger charge is -2.34. The molecule has 1 amide bonds. The fraction of sp³-hybridized carbons (Fsp3) is 0.238. The van der Waals surface area contributed by atoms with Crippen LogP contribution in [-0.2, 0) is 9.67 Å². The maximum Gasteiger partial charge on any atom is 0.259 e. The molecule has 0 saturated carbocycles. The van der Waals surface area contributed by atoms with E-state index in [2.05, 4.69) is 5.32 Å². The minimum absolute atomic E-state index is 0.181. The van der Waals surface area contributed by atoms with Crippen molar-refractivity contribution in [3.05, 3.63) is 88.1 Å². The van der Waals surface area contributed by atoms with Gasteiger partial charge in [0.15, 0.2) is 4.87 Å². The number of benzene rings is 2. The quantitative estimate of drug-likeness (QED) is 0.546. The van der Waals surface area contributed by atoms with E-state index in [4.69, 9.17) is 4.98 Å². The van der Waals surface area contributed by atoms with E-state index < -0.39 is 21.6 Å². The Labute approximate surface area is 165 Å². The summed E-state index contributed by atoms with van der Waals surface area (Å²) >= 11 is 1.33. The van der Waals surface area contributed by atoms with Crippen LogP contribution < -0.4 is 5.32 Å². The summed E-state index contributed by atoms with van der Waals surface area (Å²) in [6.45, 7) is 1.80. The molecule has 2 aliphatic heterocycles. The Morgan fingerprint density at radius 2 is 1.79 bits per heavy atom. The van der Waals surface area contributed by atoms with Crippen molar-refractivity contribution >= 4 is 28.6 Å². The second-order valence-corrected chi connectivity index (χ2v) is 9.10. The number of nitrogens with zero attached hydrogens (tertiary/aromatic N) is 2. The number of fused-ring (bicyclic) bond motifs is 3. The second-order valence-electron chi connectivity index (χ2n) is 7.41. The lowest BCUT2D eigenvalue weighted by atomic mass is 9.74. The number of aromatic nitrogens is 1. The van der Waals surface area contributed by atoms with Crippen molar-refractivity contribution in [3.63, 3.8) is 0 Å². The minimum atomic E-state index is -1.19. The molecule has 2 bridgehead atoms. The van der Waals surface area contributed by atoms with Crippen molar-refractivity contribution in [2.45, 2.75) is 28.5 Å². The maximum atomic E-state index is 13.0. The van der Waals surface area contributed by atoms with Crippen molar-refractivity contribution in [1.82, 2.24) is 10.3 Å². The fourth-order valence-electron chi connectivity index (χ4n) is 4.55. The van der Waals surface area contributed by atoms with Gasteiger partial charge in [0.25, 0.3) is 6.04 Å². The summed E-state index contributed by atoms with van der Waals surface area (Å²) in [5.41, 5.74) is 2.08. The van der Waals surface area contributed by atoms with Crippen LogP contribution in [0.15, 0.2) is 66.7 Å². The fourth-order valence-corrected chi connectivity index (χ4v) is 6.46. The molecule has 0 aliphatic carbocycles. The first-order chi connectivity index (χ1) is 13.5. The highest BCUT2D eigenvalue weighted by atomic mass is 32.2. The van der Waals surface area contributed by atoms with Crippen LogP contribution in [0.25, 0.3) is 10.9 Å². The van der Waals surface area contributed by atoms with E-state index in [0.717, 1.165) is 16.5 Å². The average molecular weight is 391 g/mol. The maximum absolute atomic E-state index is 13.0. The first kappa shape index (κ1) is 17.2. The van der Waals surface area contributed by atoms with Crippen molar-refractivity contribution in [3.8, 4) is 0 Å². The largest absolute Gasteiger partial charge is 0.329 e. The molecule has 3 heterocycles. The summed E-state index contributed by atoms with van der Waals surface area (Å²) in [6, 6.07) is 19.6. The number of thioether (sulfide) groups is 1. The van der Waals surface area contributed by atoms with Crippen molar-refractivity contribution in [1.29, 1.82) is 0 Å². The van der Waals surface area contributed by atoms with Gasteiger partial charge < -0.3 is 5.32 Å². The molecule has 6 nitrogen and oxygen atoms in total. The van der Waals surface area contributed by atoms with Gasteiger partial charge in [0, 0.05) is 10.3 Å². The van der Waals surface area contributed by atoms with Crippen LogP contribution in [-0.4, -0.2) is 26.6 Å². The monoisotopic (exact) mass is 391 g/mol. The Morgan fingerprint density at radius 3 is 2.54 bits per heavy atom. The SMILES string of the molecule is CC12SC(c3ccc4ccccc4n3)(NC1=O)C([N+](=O)[O-])C2c1ccccc1. The summed E-state index contributed by atoms with van der Waals surface area (Å²) in [6.07, 6.45) is 0. The lowest BCUT2D eigenvalue weighted by Crippen LogP contribution is -2.59. The molecule has 28 heavy (non-hydrogen) atoms. The highest BCUT2D eigenvalue weighted by molar-refractivity contribution is 8.03. The van der Waals surface area contributed by atoms with Gasteiger partial charge in [-0.15, -0.1) is 11.8 Å². The van der Waals surface area contributed by atoms with Crippen LogP contribution in [0.5, 0.6) is 0 Å². The van der Waals surface area contributed by atoms with Gasteiger partial charge in [-0.05, 0) is 24.6 Å². The van der Waals surface area contributed by atoms with E-state index in [0.29, 0.717) is 5.69 Å². The Hall–Kier alpha value is -2.93. The third-order valence-corrected chi connectivity index (χ3v) is 7.55. The predicted octanol–water partition coefficient (Wildman–Crippen LogP) is 3.45. The molecular weight excluding hydrogens is 374 g/mol. The van der Waals surface area contributed by atoms with Gasteiger partial charge in [-0.2, -0.15) is 0 Å². The zero-order valence-corrected chi connectivity index (χ0v) is 15.8. The molecule has 140 valence electrons. The average Bonchev–Trinajstić information content (AvgIpc) is 3.14. The summed E-state index contributed by atoms with van der Waals surface area (Å²) < 4.78 is -0.938. The highest BCUT2D eigenvalue weighted by Crippen LogP contribution is 2.65. The number of nitrogens with one attached hydrogen (secondary N) is 1. The van der Waals surface area contributed by atoms with Crippen LogP contribution in [0.1, 0.15) is 24.1 Å². The molecule has 4 unspecified atom stereocenters. The van der Waals surface area contributed by atoms with Gasteiger partial charge in [0.2, 0.25) is 5.91 Å². The number of para-hydroxylation sites is 1. The number of hydrogen-bond acceptors (Lipinski definition) is 5. The Balaban J connectivity index is 1.73. The zero-order valence-electron chi connectivity index (χ0n) is 15.0. The highest BCUT2D eigenvalue weighted by Gasteiger charge is 2.76. The van der Waals surface area contributed by atoms with Crippen LogP contribution in [0.4, 0.5) is 0 Å². The molecule has 2 aliphatic rings. The van der Waals surface area contributed by atoms with Gasteiger partial charge in [-0.3, -0.25) is 14.9 Å². The lowest BCUT2D eigenvalue weighted by molar-refractivity contribution is -0.535. The van der Waals surface area contributed by atoms with E-state index in [1.54, 1.807) is 13.0 Å². The molecule has 1 N–H and O–H groups in total. The summed E-state index contributed by atoms with van der Waals surface area (Å²) in [5, 5.41) is 16.2. The molecular formula is C21H17N3O3S. The van der Waals surface area contributed by atoms with E-state index in [-0.39, 0.29) is 10.8 Å². The smallest absolute Gasteiger partial charge is 0.259 e. The van der Waals surface area contributed by atoms with Crippen LogP contribution in [0.3, 0.4) is 0 Å². The summed E-state index contributed by atoms with van der Waals surface area (Å²) in [4.78, 5) is 28.5. The number of hydrogen-bond donors (Lipinski definition) is 1. The molecule has 4 atom stereocenters. The van der Waals surface area contributed by atoms with Crippen LogP contribution in [0.2, 0.25) is 0 Å². The van der Waals surface area contributed by atoms with E-state index in [1.165, 1.54) is 11.8 Å². The van der Waals surface area contributed by atoms with Crippen molar-refractivity contribution < 1.29 is 9.72 Å². The predicted molar refractivity (Wildman–Crippen MR) is 108 cm³/mol. The minimum Gasteiger partial charge on any atom is -0.329 e. The molecule has 0 spiro atoms. The number of nitro groups is 1. The molecule has 1 aromatic heterocycles. The van der Waals surface area contributed by atoms with Crippen molar-refractivity contribution in [2.75, 3.05) is 0 Å².